The number of thiazole rings is 1. The summed E-state index contributed by atoms with van der Waals surface area (Å²) in [5.74, 6) is 0. The van der Waals surface area contributed by atoms with Crippen molar-refractivity contribution in [1.82, 2.24) is 4.98 Å². The molecule has 0 amide bonds. The molecule has 0 unspecified atom stereocenters. The maximum absolute atomic E-state index is 8.66. The molecule has 2 nitrogen and oxygen atoms in total. The van der Waals surface area contributed by atoms with Crippen LogP contribution in [0.1, 0.15) is 35.7 Å². The zero-order valence-corrected chi connectivity index (χ0v) is 11.2. The van der Waals surface area contributed by atoms with Gasteiger partial charge in [0.25, 0.3) is 0 Å². The molecular weight excluding hydrogens is 228 g/mol. The number of aromatic nitrogens is 1. The van der Waals surface area contributed by atoms with Crippen LogP contribution in [0.2, 0.25) is 0 Å². The van der Waals surface area contributed by atoms with Gasteiger partial charge in [0, 0.05) is 11.8 Å². The highest BCUT2D eigenvalue weighted by Gasteiger charge is 2.00. The molecule has 0 bridgehead atoms. The van der Waals surface area contributed by atoms with E-state index in [1.165, 1.54) is 5.56 Å². The van der Waals surface area contributed by atoms with E-state index in [0.717, 1.165) is 17.1 Å². The maximum Gasteiger partial charge on any atom is 0.0991 e. The van der Waals surface area contributed by atoms with Crippen LogP contribution in [0.25, 0.3) is 0 Å². The lowest BCUT2D eigenvalue weighted by Crippen LogP contribution is -1.88. The molecule has 1 aromatic carbocycles. The van der Waals surface area contributed by atoms with Crippen molar-refractivity contribution in [3.8, 4) is 6.07 Å². The van der Waals surface area contributed by atoms with Crippen LogP contribution in [0.15, 0.2) is 29.6 Å². The summed E-state index contributed by atoms with van der Waals surface area (Å²) >= 11 is 1.67. The van der Waals surface area contributed by atoms with Crippen LogP contribution in [0, 0.1) is 18.3 Å². The minimum Gasteiger partial charge on any atom is -0.246 e. The Morgan fingerprint density at radius 1 is 1.24 bits per heavy atom. The molecule has 0 fully saturated rings. The van der Waals surface area contributed by atoms with Crippen LogP contribution in [0.4, 0.5) is 0 Å². The summed E-state index contributed by atoms with van der Waals surface area (Å²) in [5, 5.41) is 11.8. The third-order valence-corrected chi connectivity index (χ3v) is 2.96. The van der Waals surface area contributed by atoms with Gasteiger partial charge in [0.05, 0.1) is 22.3 Å². The van der Waals surface area contributed by atoms with Crippen LogP contribution in [0.5, 0.6) is 0 Å². The van der Waals surface area contributed by atoms with E-state index in [4.69, 9.17) is 5.26 Å². The molecular formula is C14H16N2S. The largest absolute Gasteiger partial charge is 0.246 e. The molecule has 17 heavy (non-hydrogen) atoms. The fraction of sp³-hybridized carbons (Fsp3) is 0.286. The summed E-state index contributed by atoms with van der Waals surface area (Å²) in [6, 6.07) is 9.75. The number of nitrogens with zero attached hydrogens (tertiary/aromatic N) is 2. The Morgan fingerprint density at radius 2 is 1.88 bits per heavy atom. The molecule has 0 saturated carbocycles. The van der Waals surface area contributed by atoms with Crippen molar-refractivity contribution in [2.75, 3.05) is 0 Å². The van der Waals surface area contributed by atoms with Crippen LogP contribution >= 0.6 is 11.3 Å². The Bertz CT molecular complexity index is 492. The molecule has 0 saturated heterocycles. The Kier molecular flexibility index (Phi) is 5.38. The van der Waals surface area contributed by atoms with Gasteiger partial charge in [-0.3, -0.25) is 0 Å². The zero-order chi connectivity index (χ0) is 12.7. The van der Waals surface area contributed by atoms with E-state index < -0.39 is 0 Å². The highest BCUT2D eigenvalue weighted by molar-refractivity contribution is 7.09. The molecule has 0 aliphatic heterocycles. The minimum absolute atomic E-state index is 0.702. The van der Waals surface area contributed by atoms with Gasteiger partial charge in [0.1, 0.15) is 0 Å². The van der Waals surface area contributed by atoms with Gasteiger partial charge in [-0.1, -0.05) is 26.0 Å². The molecule has 3 heteroatoms. The smallest absolute Gasteiger partial charge is 0.0991 e. The predicted octanol–water partition coefficient (Wildman–Crippen LogP) is 3.94. The van der Waals surface area contributed by atoms with E-state index in [2.05, 4.69) is 16.4 Å². The summed E-state index contributed by atoms with van der Waals surface area (Å²) in [6.07, 6.45) is 0.843. The van der Waals surface area contributed by atoms with E-state index in [1.807, 2.05) is 45.0 Å². The monoisotopic (exact) mass is 244 g/mol. The molecule has 1 aromatic heterocycles. The number of benzene rings is 1. The number of rotatable bonds is 2. The van der Waals surface area contributed by atoms with E-state index >= 15 is 0 Å². The predicted molar refractivity (Wildman–Crippen MR) is 72.2 cm³/mol. The first kappa shape index (κ1) is 13.4. The van der Waals surface area contributed by atoms with Crippen molar-refractivity contribution in [3.63, 3.8) is 0 Å². The fourth-order valence-electron chi connectivity index (χ4n) is 1.40. The topological polar surface area (TPSA) is 36.7 Å². The van der Waals surface area contributed by atoms with E-state index in [9.17, 15) is 0 Å². The Morgan fingerprint density at radius 3 is 2.35 bits per heavy atom. The highest BCUT2D eigenvalue weighted by atomic mass is 32.1. The zero-order valence-electron chi connectivity index (χ0n) is 10.4. The second-order valence-electron chi connectivity index (χ2n) is 3.34. The van der Waals surface area contributed by atoms with Gasteiger partial charge in [-0.2, -0.15) is 5.26 Å². The van der Waals surface area contributed by atoms with E-state index in [-0.39, 0.29) is 0 Å². The summed E-state index contributed by atoms with van der Waals surface area (Å²) in [5.41, 5.74) is 3.00. The molecule has 1 heterocycles. The second-order valence-corrected chi connectivity index (χ2v) is 4.41. The number of nitriles is 1. The lowest BCUT2D eigenvalue weighted by atomic mass is 10.1. The number of aryl methyl sites for hydroxylation is 1. The SMILES string of the molecule is CC.Cc1nc(Cc2ccc(C#N)cc2)cs1. The van der Waals surface area contributed by atoms with Gasteiger partial charge >= 0.3 is 0 Å². The highest BCUT2D eigenvalue weighted by Crippen LogP contribution is 2.13. The van der Waals surface area contributed by atoms with Gasteiger partial charge in [-0.25, -0.2) is 4.98 Å². The van der Waals surface area contributed by atoms with Gasteiger partial charge in [-0.05, 0) is 24.6 Å². The van der Waals surface area contributed by atoms with Crippen LogP contribution in [-0.2, 0) is 6.42 Å². The summed E-state index contributed by atoms with van der Waals surface area (Å²) < 4.78 is 0. The Balaban J connectivity index is 0.000000686. The Hall–Kier alpha value is -1.66. The van der Waals surface area contributed by atoms with Crippen molar-refractivity contribution in [3.05, 3.63) is 51.5 Å². The summed E-state index contributed by atoms with van der Waals surface area (Å²) in [6.45, 7) is 6.01. The van der Waals surface area contributed by atoms with Crippen molar-refractivity contribution in [2.24, 2.45) is 0 Å². The van der Waals surface area contributed by atoms with E-state index in [1.54, 1.807) is 11.3 Å². The van der Waals surface area contributed by atoms with Crippen molar-refractivity contribution < 1.29 is 0 Å². The van der Waals surface area contributed by atoms with Crippen molar-refractivity contribution in [2.45, 2.75) is 27.2 Å². The molecule has 0 N–H and O–H groups in total. The van der Waals surface area contributed by atoms with Gasteiger partial charge < -0.3 is 0 Å². The van der Waals surface area contributed by atoms with Crippen molar-refractivity contribution >= 4 is 11.3 Å². The molecule has 2 aromatic rings. The standard InChI is InChI=1S/C12H10N2S.C2H6/c1-9-14-12(8-15-9)6-10-2-4-11(7-13)5-3-10;1-2/h2-5,8H,6H2,1H3;1-2H3. The maximum atomic E-state index is 8.66. The average molecular weight is 244 g/mol. The first-order valence-electron chi connectivity index (χ1n) is 5.68. The lowest BCUT2D eigenvalue weighted by Gasteiger charge is -1.97. The van der Waals surface area contributed by atoms with Gasteiger partial charge in [0.15, 0.2) is 0 Å². The molecule has 0 aliphatic rings. The van der Waals surface area contributed by atoms with Crippen LogP contribution in [0.3, 0.4) is 0 Å². The molecule has 0 atom stereocenters. The lowest BCUT2D eigenvalue weighted by molar-refractivity contribution is 1.08. The molecule has 88 valence electrons. The van der Waals surface area contributed by atoms with Crippen molar-refractivity contribution in [1.29, 1.82) is 5.26 Å². The Labute approximate surface area is 107 Å². The van der Waals surface area contributed by atoms with Gasteiger partial charge in [0.2, 0.25) is 0 Å². The normalized spacial score (nSPS) is 9.06. The number of hydrogen-bond donors (Lipinski definition) is 0. The fourth-order valence-corrected chi connectivity index (χ4v) is 2.01. The van der Waals surface area contributed by atoms with Crippen LogP contribution < -0.4 is 0 Å². The third-order valence-electron chi connectivity index (χ3n) is 2.13. The average Bonchev–Trinajstić information content (AvgIpc) is 2.78. The first-order valence-corrected chi connectivity index (χ1v) is 6.56. The molecule has 0 radical (unpaired) electrons. The molecule has 0 aliphatic carbocycles. The number of hydrogen-bond acceptors (Lipinski definition) is 3. The molecule has 2 rings (SSSR count). The second kappa shape index (κ2) is 6.82. The van der Waals surface area contributed by atoms with Gasteiger partial charge in [-0.15, -0.1) is 11.3 Å². The summed E-state index contributed by atoms with van der Waals surface area (Å²) in [4.78, 5) is 4.40. The van der Waals surface area contributed by atoms with Crippen LogP contribution in [-0.4, -0.2) is 4.98 Å². The quantitative estimate of drug-likeness (QED) is 0.802. The third kappa shape index (κ3) is 4.01. The molecule has 0 spiro atoms. The first-order chi connectivity index (χ1) is 8.28. The minimum atomic E-state index is 0.702. The van der Waals surface area contributed by atoms with E-state index in [0.29, 0.717) is 5.56 Å². The summed E-state index contributed by atoms with van der Waals surface area (Å²) in [7, 11) is 0.